The van der Waals surface area contributed by atoms with E-state index in [1.54, 1.807) is 0 Å². The average Bonchev–Trinajstić information content (AvgIpc) is 3.19. The fourth-order valence-corrected chi connectivity index (χ4v) is 4.39. The number of amides is 1. The molecule has 0 aliphatic carbocycles. The zero-order chi connectivity index (χ0) is 20.8. The van der Waals surface area contributed by atoms with E-state index in [1.165, 1.54) is 41.1 Å². The number of fused-ring (bicyclic) bond motifs is 1. The fraction of sp³-hybridized carbons (Fsp3) is 0.158. The first-order valence-electron chi connectivity index (χ1n) is 8.43. The van der Waals surface area contributed by atoms with Gasteiger partial charge in [-0.1, -0.05) is 12.1 Å². The molecule has 3 aromatic rings. The highest BCUT2D eigenvalue weighted by atomic mass is 32.2. The third-order valence-electron chi connectivity index (χ3n) is 4.45. The maximum absolute atomic E-state index is 13.3. The number of nitrogens with zero attached hydrogens (tertiary/aromatic N) is 2. The van der Waals surface area contributed by atoms with Gasteiger partial charge in [-0.2, -0.15) is 18.3 Å². The summed E-state index contributed by atoms with van der Waals surface area (Å²) in [7, 11) is -1.21. The number of benzene rings is 2. The number of aromatic nitrogens is 2. The first kappa shape index (κ1) is 19.3. The number of alkyl halides is 3. The van der Waals surface area contributed by atoms with Gasteiger partial charge < -0.3 is 5.32 Å². The first-order valence-corrected chi connectivity index (χ1v) is 9.92. The van der Waals surface area contributed by atoms with Gasteiger partial charge in [-0.05, 0) is 36.4 Å². The van der Waals surface area contributed by atoms with E-state index < -0.39 is 39.8 Å². The molecule has 0 radical (unpaired) electrons. The molecule has 29 heavy (non-hydrogen) atoms. The van der Waals surface area contributed by atoms with Crippen LogP contribution in [0.5, 0.6) is 0 Å². The van der Waals surface area contributed by atoms with E-state index in [2.05, 4.69) is 10.4 Å². The molecule has 4 rings (SSSR count). The number of hydrogen-bond donors (Lipinski definition) is 1. The van der Waals surface area contributed by atoms with Crippen LogP contribution in [0.1, 0.15) is 27.2 Å². The van der Waals surface area contributed by atoms with Crippen molar-refractivity contribution in [3.8, 4) is 5.69 Å². The van der Waals surface area contributed by atoms with Gasteiger partial charge in [-0.25, -0.2) is 9.07 Å². The molecule has 5 nitrogen and oxygen atoms in total. The van der Waals surface area contributed by atoms with Crippen LogP contribution in [0.2, 0.25) is 0 Å². The molecule has 1 atom stereocenters. The van der Waals surface area contributed by atoms with Crippen LogP contribution in [0.15, 0.2) is 48.5 Å². The van der Waals surface area contributed by atoms with Crippen molar-refractivity contribution in [3.63, 3.8) is 0 Å². The Bertz CT molecular complexity index is 1120. The summed E-state index contributed by atoms with van der Waals surface area (Å²) in [6, 6.07) is 9.68. The SMILES string of the molecule is O=C(Nc1c2c(nn1-c1ccc(F)cc1)CS(=O)C2)c1ccccc1C(F)(F)F. The summed E-state index contributed by atoms with van der Waals surface area (Å²) in [5.74, 6) is -1.03. The minimum Gasteiger partial charge on any atom is -0.306 e. The second-order valence-corrected chi connectivity index (χ2v) is 7.85. The zero-order valence-corrected chi connectivity index (χ0v) is 15.5. The summed E-state index contributed by atoms with van der Waals surface area (Å²) in [6.07, 6.45) is -4.70. The Hall–Kier alpha value is -3.01. The lowest BCUT2D eigenvalue weighted by atomic mass is 10.1. The second kappa shape index (κ2) is 7.11. The topological polar surface area (TPSA) is 64.0 Å². The Morgan fingerprint density at radius 1 is 1.07 bits per heavy atom. The van der Waals surface area contributed by atoms with Gasteiger partial charge in [0.15, 0.2) is 0 Å². The summed E-state index contributed by atoms with van der Waals surface area (Å²) in [4.78, 5) is 12.7. The quantitative estimate of drug-likeness (QED) is 0.647. The van der Waals surface area contributed by atoms with Crippen LogP contribution in [0.3, 0.4) is 0 Å². The van der Waals surface area contributed by atoms with Crippen molar-refractivity contribution >= 4 is 22.5 Å². The molecular formula is C19H13F4N3O2S. The minimum absolute atomic E-state index is 0.118. The van der Waals surface area contributed by atoms with Gasteiger partial charge in [0.25, 0.3) is 5.91 Å². The number of carbonyl (C=O) groups is 1. The molecule has 1 amide bonds. The van der Waals surface area contributed by atoms with Crippen molar-refractivity contribution in [1.29, 1.82) is 0 Å². The Morgan fingerprint density at radius 3 is 2.45 bits per heavy atom. The third kappa shape index (κ3) is 3.67. The number of nitrogens with one attached hydrogen (secondary N) is 1. The van der Waals surface area contributed by atoms with Gasteiger partial charge in [0.05, 0.1) is 34.0 Å². The molecule has 0 saturated heterocycles. The van der Waals surface area contributed by atoms with E-state index in [1.807, 2.05) is 0 Å². The molecule has 2 heterocycles. The molecule has 1 aliphatic heterocycles. The van der Waals surface area contributed by atoms with Gasteiger partial charge in [0.2, 0.25) is 0 Å². The summed E-state index contributed by atoms with van der Waals surface area (Å²) >= 11 is 0. The third-order valence-corrected chi connectivity index (χ3v) is 5.66. The molecule has 0 bridgehead atoms. The van der Waals surface area contributed by atoms with E-state index in [-0.39, 0.29) is 17.3 Å². The molecule has 1 unspecified atom stereocenters. The lowest BCUT2D eigenvalue weighted by Crippen LogP contribution is -2.21. The predicted octanol–water partition coefficient (Wildman–Crippen LogP) is 4.04. The van der Waals surface area contributed by atoms with Crippen molar-refractivity contribution in [2.75, 3.05) is 5.32 Å². The molecule has 0 spiro atoms. The van der Waals surface area contributed by atoms with Gasteiger partial charge >= 0.3 is 6.18 Å². The van der Waals surface area contributed by atoms with Crippen LogP contribution in [0.25, 0.3) is 5.69 Å². The summed E-state index contributed by atoms with van der Waals surface area (Å²) < 4.78 is 66.3. The van der Waals surface area contributed by atoms with E-state index >= 15 is 0 Å². The number of anilines is 1. The van der Waals surface area contributed by atoms with E-state index in [9.17, 15) is 26.6 Å². The largest absolute Gasteiger partial charge is 0.417 e. The molecule has 1 aliphatic rings. The molecule has 10 heteroatoms. The van der Waals surface area contributed by atoms with Crippen LogP contribution in [0.4, 0.5) is 23.4 Å². The lowest BCUT2D eigenvalue weighted by Gasteiger charge is -2.14. The van der Waals surface area contributed by atoms with Crippen molar-refractivity contribution in [3.05, 3.63) is 76.7 Å². The summed E-state index contributed by atoms with van der Waals surface area (Å²) in [5.41, 5.74) is -0.228. The van der Waals surface area contributed by atoms with Gasteiger partial charge in [0, 0.05) is 16.4 Å². The second-order valence-electron chi connectivity index (χ2n) is 6.39. The number of halogens is 4. The average molecular weight is 423 g/mol. The van der Waals surface area contributed by atoms with Gasteiger partial charge in [0.1, 0.15) is 11.6 Å². The van der Waals surface area contributed by atoms with E-state index in [4.69, 9.17) is 0 Å². The number of carbonyl (C=O) groups excluding carboxylic acids is 1. The van der Waals surface area contributed by atoms with Crippen LogP contribution in [-0.2, 0) is 28.5 Å². The molecular weight excluding hydrogens is 410 g/mol. The molecule has 2 aromatic carbocycles. The van der Waals surface area contributed by atoms with Crippen LogP contribution in [0, 0.1) is 5.82 Å². The number of rotatable bonds is 3. The van der Waals surface area contributed by atoms with Crippen LogP contribution in [-0.4, -0.2) is 19.9 Å². The molecule has 150 valence electrons. The van der Waals surface area contributed by atoms with Gasteiger partial charge in [-0.3, -0.25) is 9.00 Å². The monoisotopic (exact) mass is 423 g/mol. The van der Waals surface area contributed by atoms with E-state index in [0.29, 0.717) is 16.9 Å². The highest BCUT2D eigenvalue weighted by Gasteiger charge is 2.36. The Labute approximate surface area is 164 Å². The highest BCUT2D eigenvalue weighted by Crippen LogP contribution is 2.34. The minimum atomic E-state index is -4.70. The van der Waals surface area contributed by atoms with Crippen molar-refractivity contribution in [1.82, 2.24) is 9.78 Å². The van der Waals surface area contributed by atoms with Gasteiger partial charge in [-0.15, -0.1) is 0 Å². The molecule has 1 aromatic heterocycles. The zero-order valence-electron chi connectivity index (χ0n) is 14.7. The Balaban J connectivity index is 1.77. The maximum atomic E-state index is 13.3. The van der Waals surface area contributed by atoms with Crippen molar-refractivity contribution in [2.45, 2.75) is 17.7 Å². The Morgan fingerprint density at radius 2 is 1.76 bits per heavy atom. The molecule has 0 saturated carbocycles. The lowest BCUT2D eigenvalue weighted by molar-refractivity contribution is -0.137. The van der Waals surface area contributed by atoms with Crippen molar-refractivity contribution < 1.29 is 26.6 Å². The number of hydrogen-bond acceptors (Lipinski definition) is 3. The standard InChI is InChI=1S/C19H13F4N3O2S/c20-11-5-7-12(8-6-11)26-17(14-9-29(28)10-16(14)25-26)24-18(27)13-3-1-2-4-15(13)19(21,22)23/h1-8H,9-10H2,(H,24,27). The fourth-order valence-electron chi connectivity index (χ4n) is 3.13. The smallest absolute Gasteiger partial charge is 0.306 e. The predicted molar refractivity (Wildman–Crippen MR) is 98.5 cm³/mol. The van der Waals surface area contributed by atoms with Crippen molar-refractivity contribution in [2.24, 2.45) is 0 Å². The maximum Gasteiger partial charge on any atom is 0.417 e. The highest BCUT2D eigenvalue weighted by molar-refractivity contribution is 7.83. The Kier molecular flexibility index (Phi) is 4.73. The van der Waals surface area contributed by atoms with Crippen LogP contribution < -0.4 is 5.32 Å². The summed E-state index contributed by atoms with van der Waals surface area (Å²) in [5, 5.41) is 6.81. The normalized spacial score (nSPS) is 15.9. The summed E-state index contributed by atoms with van der Waals surface area (Å²) in [6.45, 7) is 0. The first-order chi connectivity index (χ1) is 13.7. The molecule has 0 fully saturated rings. The molecule has 1 N–H and O–H groups in total. The van der Waals surface area contributed by atoms with Crippen LogP contribution >= 0.6 is 0 Å². The van der Waals surface area contributed by atoms with E-state index in [0.717, 1.165) is 12.1 Å².